The van der Waals surface area contributed by atoms with E-state index < -0.39 is 0 Å². The predicted molar refractivity (Wildman–Crippen MR) is 71.0 cm³/mol. The summed E-state index contributed by atoms with van der Waals surface area (Å²) in [6.07, 6.45) is 3.65. The zero-order valence-electron chi connectivity index (χ0n) is 10.0. The molecule has 3 nitrogen and oxygen atoms in total. The third-order valence-electron chi connectivity index (χ3n) is 2.91. The van der Waals surface area contributed by atoms with Crippen molar-refractivity contribution in [3.63, 3.8) is 0 Å². The molecule has 17 heavy (non-hydrogen) atoms. The molecular formula is C13H16ClN3. The fourth-order valence-electron chi connectivity index (χ4n) is 1.74. The molecule has 0 amide bonds. The number of hydrogen-bond donors (Lipinski definition) is 1. The SMILES string of the molecule is CC(C)(CN)n1cncc1-c1cccc(Cl)c1. The molecule has 0 aliphatic heterocycles. The molecule has 2 rings (SSSR count). The molecule has 0 radical (unpaired) electrons. The monoisotopic (exact) mass is 249 g/mol. The maximum Gasteiger partial charge on any atom is 0.0956 e. The molecule has 1 aromatic heterocycles. The van der Waals surface area contributed by atoms with Gasteiger partial charge in [0, 0.05) is 17.1 Å². The van der Waals surface area contributed by atoms with E-state index in [1.807, 2.05) is 36.8 Å². The molecule has 4 heteroatoms. The highest BCUT2D eigenvalue weighted by atomic mass is 35.5. The number of aromatic nitrogens is 2. The first-order chi connectivity index (χ1) is 8.04. The molecule has 0 aliphatic rings. The Morgan fingerprint density at radius 3 is 2.82 bits per heavy atom. The molecule has 0 spiro atoms. The number of imidazole rings is 1. The number of benzene rings is 1. The summed E-state index contributed by atoms with van der Waals surface area (Å²) >= 11 is 6.01. The van der Waals surface area contributed by atoms with Crippen molar-refractivity contribution in [3.05, 3.63) is 41.8 Å². The van der Waals surface area contributed by atoms with Crippen LogP contribution in [-0.4, -0.2) is 16.1 Å². The Hall–Kier alpha value is -1.32. The van der Waals surface area contributed by atoms with E-state index in [-0.39, 0.29) is 5.54 Å². The summed E-state index contributed by atoms with van der Waals surface area (Å²) in [5.41, 5.74) is 7.72. The summed E-state index contributed by atoms with van der Waals surface area (Å²) in [5.74, 6) is 0. The normalized spacial score (nSPS) is 11.8. The molecule has 0 saturated heterocycles. The summed E-state index contributed by atoms with van der Waals surface area (Å²) in [6.45, 7) is 4.72. The number of hydrogen-bond acceptors (Lipinski definition) is 2. The van der Waals surface area contributed by atoms with Crippen LogP contribution in [0.5, 0.6) is 0 Å². The van der Waals surface area contributed by atoms with E-state index in [0.717, 1.165) is 16.3 Å². The lowest BCUT2D eigenvalue weighted by molar-refractivity contribution is 0.370. The first-order valence-electron chi connectivity index (χ1n) is 5.53. The van der Waals surface area contributed by atoms with Gasteiger partial charge in [0.2, 0.25) is 0 Å². The minimum Gasteiger partial charge on any atom is -0.328 e. The fourth-order valence-corrected chi connectivity index (χ4v) is 1.93. The molecule has 0 saturated carbocycles. The van der Waals surface area contributed by atoms with Gasteiger partial charge in [-0.05, 0) is 26.0 Å². The Balaban J connectivity index is 2.51. The molecule has 0 unspecified atom stereocenters. The lowest BCUT2D eigenvalue weighted by atomic mass is 10.0. The largest absolute Gasteiger partial charge is 0.328 e. The highest BCUT2D eigenvalue weighted by Crippen LogP contribution is 2.26. The van der Waals surface area contributed by atoms with Crippen LogP contribution in [0.25, 0.3) is 11.3 Å². The van der Waals surface area contributed by atoms with Crippen LogP contribution < -0.4 is 5.73 Å². The summed E-state index contributed by atoms with van der Waals surface area (Å²) in [6, 6.07) is 7.75. The van der Waals surface area contributed by atoms with Crippen LogP contribution >= 0.6 is 11.6 Å². The topological polar surface area (TPSA) is 43.8 Å². The van der Waals surface area contributed by atoms with Gasteiger partial charge in [-0.3, -0.25) is 0 Å². The van der Waals surface area contributed by atoms with Crippen LogP contribution in [0.4, 0.5) is 0 Å². The van der Waals surface area contributed by atoms with Gasteiger partial charge in [-0.2, -0.15) is 0 Å². The van der Waals surface area contributed by atoms with Crippen molar-refractivity contribution in [1.82, 2.24) is 9.55 Å². The van der Waals surface area contributed by atoms with E-state index in [1.54, 1.807) is 0 Å². The van der Waals surface area contributed by atoms with E-state index in [1.165, 1.54) is 0 Å². The first-order valence-corrected chi connectivity index (χ1v) is 5.91. The zero-order valence-corrected chi connectivity index (χ0v) is 10.8. The summed E-state index contributed by atoms with van der Waals surface area (Å²) in [7, 11) is 0. The van der Waals surface area contributed by atoms with E-state index in [2.05, 4.69) is 23.4 Å². The van der Waals surface area contributed by atoms with Gasteiger partial charge >= 0.3 is 0 Å². The maximum absolute atomic E-state index is 6.01. The van der Waals surface area contributed by atoms with Crippen molar-refractivity contribution in [1.29, 1.82) is 0 Å². The molecular weight excluding hydrogens is 234 g/mol. The van der Waals surface area contributed by atoms with Crippen molar-refractivity contribution in [2.75, 3.05) is 6.54 Å². The number of rotatable bonds is 3. The van der Waals surface area contributed by atoms with Crippen LogP contribution in [-0.2, 0) is 5.54 Å². The Morgan fingerprint density at radius 2 is 2.18 bits per heavy atom. The summed E-state index contributed by atoms with van der Waals surface area (Å²) in [5, 5.41) is 0.723. The smallest absolute Gasteiger partial charge is 0.0956 e. The van der Waals surface area contributed by atoms with Crippen molar-refractivity contribution in [2.24, 2.45) is 5.73 Å². The Labute approximate surface area is 106 Å². The zero-order chi connectivity index (χ0) is 12.5. The molecule has 2 N–H and O–H groups in total. The lowest BCUT2D eigenvalue weighted by Crippen LogP contribution is -2.34. The van der Waals surface area contributed by atoms with Gasteiger partial charge in [0.15, 0.2) is 0 Å². The molecule has 0 aliphatic carbocycles. The van der Waals surface area contributed by atoms with Crippen molar-refractivity contribution in [2.45, 2.75) is 19.4 Å². The number of nitrogens with two attached hydrogens (primary N) is 1. The Bertz CT molecular complexity index is 517. The minimum atomic E-state index is -0.159. The van der Waals surface area contributed by atoms with Gasteiger partial charge in [0.05, 0.1) is 23.8 Å². The van der Waals surface area contributed by atoms with Gasteiger partial charge < -0.3 is 10.3 Å². The van der Waals surface area contributed by atoms with E-state index in [0.29, 0.717) is 6.54 Å². The number of nitrogens with zero attached hydrogens (tertiary/aromatic N) is 2. The second kappa shape index (κ2) is 4.51. The Kier molecular flexibility index (Phi) is 3.22. The highest BCUT2D eigenvalue weighted by molar-refractivity contribution is 6.30. The second-order valence-electron chi connectivity index (χ2n) is 4.68. The quantitative estimate of drug-likeness (QED) is 0.909. The van der Waals surface area contributed by atoms with Gasteiger partial charge in [0.1, 0.15) is 0 Å². The van der Waals surface area contributed by atoms with E-state index in [9.17, 15) is 0 Å². The standard InChI is InChI=1S/C13H16ClN3/c1-13(2,8-15)17-9-16-7-12(17)10-4-3-5-11(14)6-10/h3-7,9H,8,15H2,1-2H3. The van der Waals surface area contributed by atoms with Crippen LogP contribution in [0.3, 0.4) is 0 Å². The molecule has 1 aromatic carbocycles. The first kappa shape index (κ1) is 12.1. The van der Waals surface area contributed by atoms with Crippen LogP contribution in [0.1, 0.15) is 13.8 Å². The molecule has 0 bridgehead atoms. The summed E-state index contributed by atoms with van der Waals surface area (Å²) in [4.78, 5) is 4.21. The van der Waals surface area contributed by atoms with Gasteiger partial charge in [0.25, 0.3) is 0 Å². The molecule has 90 valence electrons. The van der Waals surface area contributed by atoms with Gasteiger partial charge in [-0.15, -0.1) is 0 Å². The maximum atomic E-state index is 6.01. The Morgan fingerprint density at radius 1 is 1.41 bits per heavy atom. The molecule has 0 atom stereocenters. The van der Waals surface area contributed by atoms with Gasteiger partial charge in [-0.1, -0.05) is 23.7 Å². The van der Waals surface area contributed by atoms with Crippen LogP contribution in [0, 0.1) is 0 Å². The summed E-state index contributed by atoms with van der Waals surface area (Å²) < 4.78 is 2.08. The highest BCUT2D eigenvalue weighted by Gasteiger charge is 2.21. The van der Waals surface area contributed by atoms with Gasteiger partial charge in [-0.25, -0.2) is 4.98 Å². The van der Waals surface area contributed by atoms with E-state index in [4.69, 9.17) is 17.3 Å². The molecule has 2 aromatic rings. The molecule has 1 heterocycles. The van der Waals surface area contributed by atoms with Crippen LogP contribution in [0.15, 0.2) is 36.8 Å². The number of halogens is 1. The van der Waals surface area contributed by atoms with Crippen molar-refractivity contribution >= 4 is 11.6 Å². The average molecular weight is 250 g/mol. The third kappa shape index (κ3) is 2.35. The fraction of sp³-hybridized carbons (Fsp3) is 0.308. The lowest BCUT2D eigenvalue weighted by Gasteiger charge is -2.27. The van der Waals surface area contributed by atoms with Crippen molar-refractivity contribution < 1.29 is 0 Å². The average Bonchev–Trinajstić information content (AvgIpc) is 2.78. The molecule has 0 fully saturated rings. The minimum absolute atomic E-state index is 0.159. The van der Waals surface area contributed by atoms with Crippen molar-refractivity contribution in [3.8, 4) is 11.3 Å². The second-order valence-corrected chi connectivity index (χ2v) is 5.11. The third-order valence-corrected chi connectivity index (χ3v) is 3.15. The van der Waals surface area contributed by atoms with Crippen LogP contribution in [0.2, 0.25) is 5.02 Å². The predicted octanol–water partition coefficient (Wildman–Crippen LogP) is 2.90. The van der Waals surface area contributed by atoms with E-state index >= 15 is 0 Å².